The van der Waals surface area contributed by atoms with Gasteiger partial charge in [0.2, 0.25) is 5.91 Å². The quantitative estimate of drug-likeness (QED) is 0.121. The van der Waals surface area contributed by atoms with Crippen molar-refractivity contribution in [1.82, 2.24) is 5.01 Å². The Morgan fingerprint density at radius 3 is 2.24 bits per heavy atom. The SMILES string of the molecule is C=CN(C(=O)N(N)Cc1ccccc1)c1ccc(N2CCC(C(C(=O)Nc3ccc4c(c3)CCC4)c3ccccc3)CC2)cc1. The molecule has 3 N–H and O–H groups in total. The van der Waals surface area contributed by atoms with Crippen LogP contribution in [0.4, 0.5) is 21.9 Å². The number of nitrogens with one attached hydrogen (secondary N) is 1. The summed E-state index contributed by atoms with van der Waals surface area (Å²) < 4.78 is 0. The smallest absolute Gasteiger partial charge is 0.343 e. The van der Waals surface area contributed by atoms with E-state index in [0.29, 0.717) is 12.2 Å². The molecule has 230 valence electrons. The predicted octanol–water partition coefficient (Wildman–Crippen LogP) is 7.26. The third-order valence-electron chi connectivity index (χ3n) is 9.14. The molecule has 1 aliphatic carbocycles. The van der Waals surface area contributed by atoms with Crippen molar-refractivity contribution < 1.29 is 9.59 Å². The number of hydrogen-bond acceptors (Lipinski definition) is 4. The topological polar surface area (TPSA) is 81.9 Å². The maximum Gasteiger partial charge on any atom is 0.343 e. The van der Waals surface area contributed by atoms with Crippen LogP contribution in [-0.2, 0) is 24.2 Å². The summed E-state index contributed by atoms with van der Waals surface area (Å²) in [5, 5.41) is 4.45. The maximum absolute atomic E-state index is 13.8. The summed E-state index contributed by atoms with van der Waals surface area (Å²) in [5.74, 6) is 6.21. The Labute approximate surface area is 265 Å². The van der Waals surface area contributed by atoms with Gasteiger partial charge in [-0.2, -0.15) is 0 Å². The van der Waals surface area contributed by atoms with Crippen LogP contribution in [-0.4, -0.2) is 30.0 Å². The fraction of sp³-hybridized carbons (Fsp3) is 0.263. The van der Waals surface area contributed by atoms with Crippen molar-refractivity contribution in [2.75, 3.05) is 28.2 Å². The number of nitrogens with zero attached hydrogens (tertiary/aromatic N) is 3. The van der Waals surface area contributed by atoms with Gasteiger partial charge >= 0.3 is 6.03 Å². The molecule has 0 bridgehead atoms. The third-order valence-corrected chi connectivity index (χ3v) is 9.14. The molecule has 4 aromatic carbocycles. The fourth-order valence-corrected chi connectivity index (χ4v) is 6.76. The van der Waals surface area contributed by atoms with Crippen molar-refractivity contribution in [3.05, 3.63) is 138 Å². The number of benzene rings is 4. The lowest BCUT2D eigenvalue weighted by molar-refractivity contribution is -0.118. The van der Waals surface area contributed by atoms with Crippen LogP contribution in [0.3, 0.4) is 0 Å². The van der Waals surface area contributed by atoms with E-state index < -0.39 is 0 Å². The second kappa shape index (κ2) is 13.8. The standard InChI is InChI=1S/C38H41N5O2/c1-2-42(38(45)43(39)27-28-10-5-3-6-11-28)35-20-18-34(19-21-35)41-24-22-31(23-25-41)36(30-12-7-4-8-13-30)37(44)40-33-17-16-29-14-9-15-32(29)26-33/h2-8,10-13,16-21,26,31,36H,1,9,14-15,22-25,27,39H2,(H,40,44). The molecule has 45 heavy (non-hydrogen) atoms. The van der Waals surface area contributed by atoms with Crippen LogP contribution in [0, 0.1) is 5.92 Å². The Bertz CT molecular complexity index is 1620. The predicted molar refractivity (Wildman–Crippen MR) is 182 cm³/mol. The van der Waals surface area contributed by atoms with Gasteiger partial charge in [0.05, 0.1) is 18.2 Å². The third kappa shape index (κ3) is 6.94. The first kappa shape index (κ1) is 30.2. The molecule has 4 aromatic rings. The van der Waals surface area contributed by atoms with Crippen molar-refractivity contribution in [1.29, 1.82) is 0 Å². The van der Waals surface area contributed by atoms with E-state index in [2.05, 4.69) is 41.1 Å². The molecule has 7 nitrogen and oxygen atoms in total. The highest BCUT2D eigenvalue weighted by atomic mass is 16.2. The van der Waals surface area contributed by atoms with Gasteiger partial charge in [0.15, 0.2) is 0 Å². The molecule has 1 fully saturated rings. The number of nitrogens with two attached hydrogens (primary N) is 1. The van der Waals surface area contributed by atoms with Crippen molar-refractivity contribution in [3.8, 4) is 0 Å². The number of piperidine rings is 1. The highest BCUT2D eigenvalue weighted by Gasteiger charge is 2.33. The van der Waals surface area contributed by atoms with E-state index in [1.807, 2.05) is 78.9 Å². The lowest BCUT2D eigenvalue weighted by Gasteiger charge is -2.37. The van der Waals surface area contributed by atoms with Crippen molar-refractivity contribution >= 4 is 29.0 Å². The van der Waals surface area contributed by atoms with Crippen LogP contribution < -0.4 is 21.0 Å². The number of carbonyl (C=O) groups excluding carboxylic acids is 2. The van der Waals surface area contributed by atoms with E-state index in [-0.39, 0.29) is 23.8 Å². The number of hydrogen-bond donors (Lipinski definition) is 2. The van der Waals surface area contributed by atoms with E-state index in [1.54, 1.807) is 0 Å². The van der Waals surface area contributed by atoms with Crippen molar-refractivity contribution in [2.24, 2.45) is 11.8 Å². The molecule has 0 aromatic heterocycles. The number of rotatable bonds is 9. The minimum atomic E-state index is -0.354. The Balaban J connectivity index is 1.10. The summed E-state index contributed by atoms with van der Waals surface area (Å²) in [6.45, 7) is 5.83. The van der Waals surface area contributed by atoms with Crippen LogP contribution in [0.15, 0.2) is 116 Å². The average Bonchev–Trinajstić information content (AvgIpc) is 3.55. The number of amides is 3. The lowest BCUT2D eigenvalue weighted by Crippen LogP contribution is -2.44. The highest BCUT2D eigenvalue weighted by Crippen LogP contribution is 2.36. The molecule has 2 aliphatic rings. The molecule has 6 rings (SSSR count). The Hall–Kier alpha value is -4.88. The molecule has 1 heterocycles. The zero-order valence-electron chi connectivity index (χ0n) is 25.6. The van der Waals surface area contributed by atoms with Crippen LogP contribution >= 0.6 is 0 Å². The molecular formula is C38H41N5O2. The number of hydrazine groups is 1. The molecule has 1 saturated heterocycles. The summed E-state index contributed by atoms with van der Waals surface area (Å²) in [4.78, 5) is 30.8. The van der Waals surface area contributed by atoms with E-state index >= 15 is 0 Å². The summed E-state index contributed by atoms with van der Waals surface area (Å²) in [7, 11) is 0. The minimum absolute atomic E-state index is 0.0670. The van der Waals surface area contributed by atoms with Crippen molar-refractivity contribution in [3.63, 3.8) is 0 Å². The van der Waals surface area contributed by atoms with Gasteiger partial charge < -0.3 is 10.2 Å². The number of anilines is 3. The first-order valence-electron chi connectivity index (χ1n) is 15.8. The van der Waals surface area contributed by atoms with Crippen LogP contribution in [0.25, 0.3) is 0 Å². The lowest BCUT2D eigenvalue weighted by atomic mass is 9.79. The number of urea groups is 1. The number of carbonyl (C=O) groups is 2. The van der Waals surface area contributed by atoms with E-state index in [9.17, 15) is 9.59 Å². The van der Waals surface area contributed by atoms with Gasteiger partial charge in [0, 0.05) is 30.7 Å². The summed E-state index contributed by atoms with van der Waals surface area (Å²) in [6.07, 6.45) is 6.69. The van der Waals surface area contributed by atoms with Crippen LogP contribution in [0.2, 0.25) is 0 Å². The first-order valence-corrected chi connectivity index (χ1v) is 15.8. The normalized spacial score (nSPS) is 15.2. The number of aryl methyl sites for hydroxylation is 2. The molecule has 0 radical (unpaired) electrons. The zero-order valence-corrected chi connectivity index (χ0v) is 25.6. The zero-order chi connectivity index (χ0) is 31.2. The fourth-order valence-electron chi connectivity index (χ4n) is 6.76. The second-order valence-electron chi connectivity index (χ2n) is 12.0. The summed E-state index contributed by atoms with van der Waals surface area (Å²) in [6, 6.07) is 33.8. The molecule has 7 heteroatoms. The van der Waals surface area contributed by atoms with Gasteiger partial charge in [0.1, 0.15) is 0 Å². The molecule has 1 atom stereocenters. The van der Waals surface area contributed by atoms with E-state index in [1.165, 1.54) is 33.7 Å². The Morgan fingerprint density at radius 1 is 0.889 bits per heavy atom. The first-order chi connectivity index (χ1) is 22.0. The molecule has 1 aliphatic heterocycles. The monoisotopic (exact) mass is 599 g/mol. The van der Waals surface area contributed by atoms with Crippen molar-refractivity contribution in [2.45, 2.75) is 44.6 Å². The average molecular weight is 600 g/mol. The summed E-state index contributed by atoms with van der Waals surface area (Å²) >= 11 is 0. The Kier molecular flexibility index (Phi) is 9.27. The largest absolute Gasteiger partial charge is 0.372 e. The second-order valence-corrected chi connectivity index (χ2v) is 12.0. The van der Waals surface area contributed by atoms with Crippen LogP contribution in [0.5, 0.6) is 0 Å². The van der Waals surface area contributed by atoms with Gasteiger partial charge in [-0.3, -0.25) is 14.7 Å². The van der Waals surface area contributed by atoms with Gasteiger partial charge in [-0.1, -0.05) is 73.3 Å². The van der Waals surface area contributed by atoms with Crippen LogP contribution in [0.1, 0.15) is 47.4 Å². The Morgan fingerprint density at radius 2 is 1.56 bits per heavy atom. The van der Waals surface area contributed by atoms with Gasteiger partial charge in [0.25, 0.3) is 0 Å². The van der Waals surface area contributed by atoms with E-state index in [0.717, 1.165) is 61.3 Å². The molecule has 3 amide bonds. The van der Waals surface area contributed by atoms with E-state index in [4.69, 9.17) is 5.84 Å². The minimum Gasteiger partial charge on any atom is -0.372 e. The van der Waals surface area contributed by atoms with Gasteiger partial charge in [-0.25, -0.2) is 10.6 Å². The molecular weight excluding hydrogens is 558 g/mol. The van der Waals surface area contributed by atoms with Gasteiger partial charge in [-0.15, -0.1) is 0 Å². The highest BCUT2D eigenvalue weighted by molar-refractivity contribution is 5.96. The molecule has 1 unspecified atom stereocenters. The molecule has 0 saturated carbocycles. The van der Waals surface area contributed by atoms with Gasteiger partial charge in [-0.05, 0) is 96.7 Å². The molecule has 0 spiro atoms. The maximum atomic E-state index is 13.8. The number of fused-ring (bicyclic) bond motifs is 1. The summed E-state index contributed by atoms with van der Waals surface area (Å²) in [5.41, 5.74) is 7.45.